The van der Waals surface area contributed by atoms with Crippen molar-refractivity contribution >= 4 is 60.8 Å². The number of carbonyl (C=O) groups excluding carboxylic acids is 9. The van der Waals surface area contributed by atoms with Crippen LogP contribution in [-0.4, -0.2) is 116 Å². The molecule has 0 radical (unpaired) electrons. The molecular weight excluding hydrogens is 1090 g/mol. The number of ketones is 4. The summed E-state index contributed by atoms with van der Waals surface area (Å²) in [6.07, 6.45) is 7.14. The fraction of sp³-hybridized carbons (Fsp3) is 0.707. The molecule has 0 saturated heterocycles. The van der Waals surface area contributed by atoms with Gasteiger partial charge < -0.3 is 43.7 Å². The van der Waals surface area contributed by atoms with Crippen LogP contribution in [0.3, 0.4) is 0 Å². The van der Waals surface area contributed by atoms with Crippen molar-refractivity contribution < 1.29 is 130 Å². The fourth-order valence-corrected chi connectivity index (χ4v) is 16.8. The molecule has 0 aliphatic heterocycles. The van der Waals surface area contributed by atoms with Crippen molar-refractivity contribution in [1.29, 1.82) is 0 Å². The van der Waals surface area contributed by atoms with Gasteiger partial charge in [0.25, 0.3) is 0 Å². The normalized spacial score (nSPS) is 39.4. The summed E-state index contributed by atoms with van der Waals surface area (Å²) >= 11 is 0. The van der Waals surface area contributed by atoms with Gasteiger partial charge in [-0.05, 0) is 108 Å². The van der Waals surface area contributed by atoms with Gasteiger partial charge in [0.2, 0.25) is 11.6 Å². The second-order valence-corrected chi connectivity index (χ2v) is 25.1. The van der Waals surface area contributed by atoms with Crippen LogP contribution in [0.15, 0.2) is 47.6 Å². The van der Waals surface area contributed by atoms with Gasteiger partial charge in [0.15, 0.2) is 47.3 Å². The topological polar surface area (TPSA) is 301 Å². The molecule has 81 heavy (non-hydrogen) atoms. The van der Waals surface area contributed by atoms with E-state index in [0.29, 0.717) is 36.8 Å². The number of aliphatic hydroxyl groups is 1. The number of carboxylic acid groups (broad SMARTS) is 1. The smallest absolute Gasteiger partial charge is 0.550 e. The summed E-state index contributed by atoms with van der Waals surface area (Å²) in [7, 11) is -5.25. The van der Waals surface area contributed by atoms with E-state index in [0.717, 1.165) is 6.92 Å². The molecule has 0 aromatic carbocycles. The number of alkyl halides is 2. The van der Waals surface area contributed by atoms with Gasteiger partial charge >= 0.3 is 61.3 Å². The average molecular weight is 1170 g/mol. The fourth-order valence-electron chi connectivity index (χ4n) is 16.3. The largest absolute Gasteiger partial charge is 1.00 e. The van der Waals surface area contributed by atoms with Crippen LogP contribution in [0.5, 0.6) is 0 Å². The Balaban J connectivity index is 0.000000277. The minimum Gasteiger partial charge on any atom is -0.550 e. The number of rotatable bonds is 14. The Morgan fingerprint density at radius 2 is 1.00 bits per heavy atom. The van der Waals surface area contributed by atoms with Gasteiger partial charge in [0.1, 0.15) is 6.10 Å². The SMILES string of the molecule is CC(=O)[O-].CCC(=O)OCC(=O)[C@@]1(OC(=O)CC)[C@@H](C)C[C@H]2[C@@H]3CCC4=CC(=O)C=C[C@]4(C)C3(F)[C@@H](O)C[C@@]21C.CCC(=O)OCC(=O)[C@@]1(OC(=O)CC)[C@@H](C)C[C@H]2[C@@H]3CCC4=CC(=O)C=C[C@]4(C)C3(F)[C@@H](OP(=O)(O)O)C[C@@]21C.[Na+]. The summed E-state index contributed by atoms with van der Waals surface area (Å²) in [6.45, 7) is 16.5. The summed E-state index contributed by atoms with van der Waals surface area (Å²) in [4.78, 5) is 130. The summed E-state index contributed by atoms with van der Waals surface area (Å²) < 4.78 is 75.0. The Hall–Kier alpha value is -4.08. The zero-order chi connectivity index (χ0) is 60.1. The Kier molecular flexibility index (Phi) is 20.5. The van der Waals surface area contributed by atoms with Crippen LogP contribution in [0.25, 0.3) is 0 Å². The minimum atomic E-state index is -5.25. The predicted molar refractivity (Wildman–Crippen MR) is 278 cm³/mol. The van der Waals surface area contributed by atoms with E-state index in [9.17, 15) is 57.8 Å². The number of hydrogen-bond donors (Lipinski definition) is 3. The molecule has 2 unspecified atom stereocenters. The van der Waals surface area contributed by atoms with E-state index >= 15 is 8.78 Å². The molecule has 0 heterocycles. The second kappa shape index (κ2) is 24.5. The zero-order valence-corrected chi connectivity index (χ0v) is 51.5. The van der Waals surface area contributed by atoms with E-state index in [1.54, 1.807) is 68.4 Å². The molecule has 6 fully saturated rings. The van der Waals surface area contributed by atoms with Crippen molar-refractivity contribution in [2.45, 2.75) is 188 Å². The number of Topliss-reactive ketones (excluding diaryl/α,β-unsaturated/α-hetero) is 2. The number of phosphoric acid groups is 1. The van der Waals surface area contributed by atoms with Gasteiger partial charge in [0.05, 0.1) is 6.10 Å². The van der Waals surface area contributed by atoms with Crippen molar-refractivity contribution in [1.82, 2.24) is 0 Å². The number of esters is 4. The molecule has 19 nitrogen and oxygen atoms in total. The molecule has 8 aliphatic carbocycles. The van der Waals surface area contributed by atoms with E-state index in [4.69, 9.17) is 33.4 Å². The molecule has 23 heteroatoms. The first-order chi connectivity index (χ1) is 37.0. The average Bonchev–Trinajstić information content (AvgIpc) is 3.74. The molecule has 3 N–H and O–H groups in total. The van der Waals surface area contributed by atoms with Crippen molar-refractivity contribution in [2.75, 3.05) is 13.2 Å². The van der Waals surface area contributed by atoms with Crippen LogP contribution in [-0.2, 0) is 71.2 Å². The molecule has 0 aromatic heterocycles. The second-order valence-electron chi connectivity index (χ2n) is 23.9. The molecule has 16 atom stereocenters. The van der Waals surface area contributed by atoms with Gasteiger partial charge in [-0.2, -0.15) is 0 Å². The number of ether oxygens (including phenoxy) is 4. The molecule has 8 rings (SSSR count). The molecule has 8 aliphatic rings. The van der Waals surface area contributed by atoms with Crippen LogP contribution >= 0.6 is 7.82 Å². The van der Waals surface area contributed by atoms with Gasteiger partial charge in [0, 0.05) is 77.0 Å². The van der Waals surface area contributed by atoms with E-state index in [1.807, 2.05) is 6.92 Å². The van der Waals surface area contributed by atoms with Crippen LogP contribution < -0.4 is 34.7 Å². The predicted octanol–water partition coefficient (Wildman–Crippen LogP) is 3.51. The molecule has 0 amide bonds. The van der Waals surface area contributed by atoms with E-state index in [-0.39, 0.29) is 98.4 Å². The van der Waals surface area contributed by atoms with Crippen LogP contribution in [0.4, 0.5) is 8.78 Å². The maximum Gasteiger partial charge on any atom is 1.00 e. The summed E-state index contributed by atoms with van der Waals surface area (Å²) in [6, 6.07) is 0. The number of allylic oxidation sites excluding steroid dienone is 8. The number of aliphatic carboxylic acids is 1. The third-order valence-electron chi connectivity index (χ3n) is 19.9. The van der Waals surface area contributed by atoms with E-state index in [1.165, 1.54) is 30.4 Å². The Labute approximate surface area is 493 Å². The zero-order valence-electron chi connectivity index (χ0n) is 48.6. The van der Waals surface area contributed by atoms with Crippen molar-refractivity contribution in [3.05, 3.63) is 47.6 Å². The minimum absolute atomic E-state index is 0. The van der Waals surface area contributed by atoms with Gasteiger partial charge in [-0.25, -0.2) is 13.3 Å². The van der Waals surface area contributed by atoms with Crippen LogP contribution in [0.2, 0.25) is 0 Å². The number of hydrogen-bond acceptors (Lipinski definition) is 17. The Bertz CT molecular complexity index is 2730. The van der Waals surface area contributed by atoms with E-state index < -0.39 is 148 Å². The first-order valence-electron chi connectivity index (χ1n) is 27.7. The standard InChI is InChI=1S/C28H38FO10P.C28H37FO7.C2H4O2.Na/c1-6-23(32)37-15-21(31)28(38-24(33)7-2)16(3)12-20-19-9-8-17-13-18(30)10-11-25(17,4)27(19,29)22(14-26(20,28)5)39-40(34,35)36;1-6-23(33)35-15-22(32)28(36-24(34)7-2)16(3)12-20-19-9-8-17-13-18(30)10-11-25(17,4)27(19,29)21(31)14-26(20,28)5;1-2(3)4;/h10-11,13,16,19-20,22H,6-9,12,14-15H2,1-5H3,(H2,34,35,36);10-11,13,16,19-21,31H,6-9,12,14-15H2,1-5H3;1H3,(H,3,4);/q;;;+1/p-1/t16-,19-,20-,22-,25-,26-,27?,28-;16-,19-,20-,21-,25-,26-,27?,28-;;/m00../s1. The molecule has 6 saturated carbocycles. The van der Waals surface area contributed by atoms with Crippen molar-refractivity contribution in [3.8, 4) is 0 Å². The molecule has 0 bridgehead atoms. The number of aliphatic hydroxyl groups excluding tert-OH is 1. The maximum absolute atomic E-state index is 17.9. The van der Waals surface area contributed by atoms with Gasteiger partial charge in [-0.3, -0.25) is 42.9 Å². The van der Waals surface area contributed by atoms with Crippen LogP contribution in [0.1, 0.15) is 153 Å². The monoisotopic (exact) mass is 1170 g/mol. The number of carbonyl (C=O) groups is 9. The maximum atomic E-state index is 17.9. The van der Waals surface area contributed by atoms with Crippen molar-refractivity contribution in [3.63, 3.8) is 0 Å². The summed E-state index contributed by atoms with van der Waals surface area (Å²) in [5, 5.41) is 20.4. The summed E-state index contributed by atoms with van der Waals surface area (Å²) in [5.74, 6) is -8.71. The van der Waals surface area contributed by atoms with Gasteiger partial charge in [-0.1, -0.05) is 78.7 Å². The Morgan fingerprint density at radius 1 is 0.642 bits per heavy atom. The molecule has 444 valence electrons. The summed E-state index contributed by atoms with van der Waals surface area (Å²) in [5.41, 5.74) is -11.7. The first kappa shape index (κ1) is 67.7. The number of halogens is 2. The quantitative estimate of drug-likeness (QED) is 0.0970. The Morgan fingerprint density at radius 3 is 1.37 bits per heavy atom. The number of carboxylic acids is 1. The van der Waals surface area contributed by atoms with Crippen LogP contribution in [0, 0.1) is 57.2 Å². The third-order valence-corrected chi connectivity index (χ3v) is 20.4. The number of fused-ring (bicyclic) bond motifs is 10. The molecular formula is C58H78F2NaO19P. The molecule has 0 spiro atoms. The third kappa shape index (κ3) is 11.1. The van der Waals surface area contributed by atoms with Crippen molar-refractivity contribution in [2.24, 2.45) is 57.2 Å². The van der Waals surface area contributed by atoms with Gasteiger partial charge in [-0.15, -0.1) is 0 Å². The number of phosphoric ester groups is 1. The molecule has 0 aromatic rings. The first-order valence-corrected chi connectivity index (χ1v) is 29.2. The van der Waals surface area contributed by atoms with E-state index in [2.05, 4.69) is 0 Å².